The van der Waals surface area contributed by atoms with Gasteiger partial charge in [0.05, 0.1) is 18.7 Å². The van der Waals surface area contributed by atoms with Crippen LogP contribution in [0, 0.1) is 5.92 Å². The largest absolute Gasteiger partial charge is 0.464 e. The number of fused-ring (bicyclic) bond motifs is 1. The normalized spacial score (nSPS) is 17.8. The molecule has 5 nitrogen and oxygen atoms in total. The van der Waals surface area contributed by atoms with Crippen LogP contribution in [-0.2, 0) is 9.47 Å². The molecule has 0 amide bonds. The maximum Gasteiger partial charge on any atom is 0.359 e. The highest BCUT2D eigenvalue weighted by molar-refractivity contribution is 6.02. The Morgan fingerprint density at radius 1 is 1.38 bits per heavy atom. The summed E-state index contributed by atoms with van der Waals surface area (Å²) in [6.45, 7) is 3.77. The van der Waals surface area contributed by atoms with Gasteiger partial charge in [-0.25, -0.2) is 4.79 Å². The van der Waals surface area contributed by atoms with Gasteiger partial charge in [-0.2, -0.15) is 5.10 Å². The third kappa shape index (κ3) is 2.53. The fraction of sp³-hybridized carbons (Fsp3) is 0.500. The summed E-state index contributed by atoms with van der Waals surface area (Å²) in [4.78, 5) is 11.9. The highest BCUT2D eigenvalue weighted by Crippen LogP contribution is 2.31. The lowest BCUT2D eigenvalue weighted by Crippen LogP contribution is -2.25. The molecule has 0 N–H and O–H groups in total. The van der Waals surface area contributed by atoms with Crippen LogP contribution in [0.1, 0.15) is 36.3 Å². The maximum atomic E-state index is 11.9. The van der Waals surface area contributed by atoms with Crippen molar-refractivity contribution in [3.8, 4) is 0 Å². The van der Waals surface area contributed by atoms with Crippen molar-refractivity contribution in [3.05, 3.63) is 30.0 Å². The van der Waals surface area contributed by atoms with Crippen LogP contribution in [0.4, 0.5) is 0 Å². The van der Waals surface area contributed by atoms with Gasteiger partial charge in [0.15, 0.2) is 5.69 Å². The number of ether oxygens (including phenoxy) is 2. The summed E-state index contributed by atoms with van der Waals surface area (Å²) in [5, 5.41) is 5.39. The summed E-state index contributed by atoms with van der Waals surface area (Å²) in [6, 6.07) is 8.04. The average Bonchev–Trinajstić information content (AvgIpc) is 2.94. The van der Waals surface area contributed by atoms with Gasteiger partial charge in [-0.1, -0.05) is 18.2 Å². The highest BCUT2D eigenvalue weighted by atomic mass is 16.5. The van der Waals surface area contributed by atoms with E-state index in [1.54, 1.807) is 0 Å². The van der Waals surface area contributed by atoms with E-state index >= 15 is 0 Å². The molecule has 21 heavy (non-hydrogen) atoms. The number of esters is 1. The second-order valence-corrected chi connectivity index (χ2v) is 5.49. The van der Waals surface area contributed by atoms with Gasteiger partial charge in [-0.3, -0.25) is 4.68 Å². The summed E-state index contributed by atoms with van der Waals surface area (Å²) in [5.41, 5.74) is 1.38. The number of benzene rings is 1. The Morgan fingerprint density at radius 3 is 2.81 bits per heavy atom. The third-order valence-electron chi connectivity index (χ3n) is 4.33. The lowest BCUT2D eigenvalue weighted by molar-refractivity contribution is 0.0495. The Morgan fingerprint density at radius 2 is 2.10 bits per heavy atom. The Hall–Kier alpha value is -1.88. The molecular weight excluding hydrogens is 268 g/mol. The number of carbonyl (C=O) groups excluding carboxylic acids is 1. The molecule has 1 aromatic carbocycles. The van der Waals surface area contributed by atoms with E-state index in [4.69, 9.17) is 9.47 Å². The van der Waals surface area contributed by atoms with E-state index in [9.17, 15) is 4.79 Å². The van der Waals surface area contributed by atoms with Crippen LogP contribution in [0.25, 0.3) is 10.9 Å². The summed E-state index contributed by atoms with van der Waals surface area (Å²) in [5.74, 6) is 0.136. The zero-order valence-corrected chi connectivity index (χ0v) is 12.4. The standard InChI is InChI=1S/C16H20N2O3/c1-11(12-7-9-21-10-8-12)18-14-6-4-3-5-13(14)15(17-18)16(19)20-2/h3-6,11-12H,7-10H2,1-2H3. The molecule has 5 heteroatoms. The third-order valence-corrected chi connectivity index (χ3v) is 4.33. The molecule has 0 bridgehead atoms. The number of aromatic nitrogens is 2. The summed E-state index contributed by atoms with van der Waals surface area (Å²) >= 11 is 0. The molecule has 1 saturated heterocycles. The van der Waals surface area contributed by atoms with Gasteiger partial charge in [0.1, 0.15) is 0 Å². The van der Waals surface area contributed by atoms with Gasteiger partial charge in [0.2, 0.25) is 0 Å². The minimum Gasteiger partial charge on any atom is -0.464 e. The van der Waals surface area contributed by atoms with Gasteiger partial charge in [-0.15, -0.1) is 0 Å². The first-order chi connectivity index (χ1) is 10.2. The highest BCUT2D eigenvalue weighted by Gasteiger charge is 2.26. The zero-order chi connectivity index (χ0) is 14.8. The average molecular weight is 288 g/mol. The predicted octanol–water partition coefficient (Wildman–Crippen LogP) is 2.81. The van der Waals surface area contributed by atoms with E-state index in [1.807, 2.05) is 28.9 Å². The molecule has 0 aliphatic carbocycles. The van der Waals surface area contributed by atoms with Gasteiger partial charge < -0.3 is 9.47 Å². The number of rotatable bonds is 3. The van der Waals surface area contributed by atoms with E-state index in [2.05, 4.69) is 12.0 Å². The molecule has 3 rings (SSSR count). The minimum absolute atomic E-state index is 0.234. The second kappa shape index (κ2) is 5.85. The van der Waals surface area contributed by atoms with Crippen molar-refractivity contribution < 1.29 is 14.3 Å². The molecule has 1 atom stereocenters. The number of hydrogen-bond donors (Lipinski definition) is 0. The number of carbonyl (C=O) groups is 1. The zero-order valence-electron chi connectivity index (χ0n) is 12.4. The quantitative estimate of drug-likeness (QED) is 0.815. The summed E-state index contributed by atoms with van der Waals surface area (Å²) in [7, 11) is 1.39. The van der Waals surface area contributed by atoms with Crippen LogP contribution in [0.5, 0.6) is 0 Å². The lowest BCUT2D eigenvalue weighted by Gasteiger charge is -2.28. The maximum absolute atomic E-state index is 11.9. The monoisotopic (exact) mass is 288 g/mol. The van der Waals surface area contributed by atoms with Crippen molar-refractivity contribution >= 4 is 16.9 Å². The van der Waals surface area contributed by atoms with Crippen LogP contribution in [0.3, 0.4) is 0 Å². The molecule has 1 aromatic heterocycles. The van der Waals surface area contributed by atoms with E-state index in [0.717, 1.165) is 37.0 Å². The molecule has 2 heterocycles. The van der Waals surface area contributed by atoms with Gasteiger partial charge >= 0.3 is 5.97 Å². The number of nitrogens with zero attached hydrogens (tertiary/aromatic N) is 2. The van der Waals surface area contributed by atoms with E-state index in [-0.39, 0.29) is 12.0 Å². The van der Waals surface area contributed by atoms with E-state index in [1.165, 1.54) is 7.11 Å². The first kappa shape index (κ1) is 14.1. The van der Waals surface area contributed by atoms with Gasteiger partial charge in [-0.05, 0) is 31.7 Å². The van der Waals surface area contributed by atoms with Crippen LogP contribution < -0.4 is 0 Å². The van der Waals surface area contributed by atoms with Crippen molar-refractivity contribution in [1.29, 1.82) is 0 Å². The Bertz CT molecular complexity index is 644. The van der Waals surface area contributed by atoms with E-state index < -0.39 is 0 Å². The SMILES string of the molecule is COC(=O)c1nn(C(C)C2CCOCC2)c2ccccc12. The topological polar surface area (TPSA) is 53.3 Å². The Balaban J connectivity index is 2.03. The molecule has 0 radical (unpaired) electrons. The lowest BCUT2D eigenvalue weighted by atomic mass is 9.93. The molecular formula is C16H20N2O3. The van der Waals surface area contributed by atoms with Crippen LogP contribution in [-0.4, -0.2) is 36.1 Å². The smallest absolute Gasteiger partial charge is 0.359 e. The fourth-order valence-corrected chi connectivity index (χ4v) is 3.04. The molecule has 1 aliphatic heterocycles. The van der Waals surface area contributed by atoms with Crippen molar-refractivity contribution in [2.75, 3.05) is 20.3 Å². The fourth-order valence-electron chi connectivity index (χ4n) is 3.04. The van der Waals surface area contributed by atoms with Crippen LogP contribution >= 0.6 is 0 Å². The molecule has 1 unspecified atom stereocenters. The van der Waals surface area contributed by atoms with Gasteiger partial charge in [0.25, 0.3) is 0 Å². The van der Waals surface area contributed by atoms with E-state index in [0.29, 0.717) is 11.6 Å². The molecule has 1 fully saturated rings. The van der Waals surface area contributed by atoms with Crippen LogP contribution in [0.2, 0.25) is 0 Å². The molecule has 0 saturated carbocycles. The van der Waals surface area contributed by atoms with Crippen molar-refractivity contribution in [2.45, 2.75) is 25.8 Å². The summed E-state index contributed by atoms with van der Waals surface area (Å²) < 4.78 is 12.2. The summed E-state index contributed by atoms with van der Waals surface area (Å²) in [6.07, 6.45) is 2.06. The Labute approximate surface area is 123 Å². The Kier molecular flexibility index (Phi) is 3.92. The van der Waals surface area contributed by atoms with Crippen molar-refractivity contribution in [2.24, 2.45) is 5.92 Å². The molecule has 0 spiro atoms. The predicted molar refractivity (Wildman–Crippen MR) is 79.3 cm³/mol. The molecule has 112 valence electrons. The minimum atomic E-state index is -0.385. The van der Waals surface area contributed by atoms with Crippen molar-refractivity contribution in [1.82, 2.24) is 9.78 Å². The first-order valence-electron chi connectivity index (χ1n) is 7.35. The molecule has 1 aliphatic rings. The number of hydrogen-bond acceptors (Lipinski definition) is 4. The number of methoxy groups -OCH3 is 1. The first-order valence-corrected chi connectivity index (χ1v) is 7.35. The second-order valence-electron chi connectivity index (χ2n) is 5.49. The number of para-hydroxylation sites is 1. The van der Waals surface area contributed by atoms with Crippen LogP contribution in [0.15, 0.2) is 24.3 Å². The van der Waals surface area contributed by atoms with Gasteiger partial charge in [0, 0.05) is 18.6 Å². The van der Waals surface area contributed by atoms with Crippen molar-refractivity contribution in [3.63, 3.8) is 0 Å². The molecule has 2 aromatic rings.